The van der Waals surface area contributed by atoms with Crippen LogP contribution in [0.4, 0.5) is 0 Å². The van der Waals surface area contributed by atoms with Crippen molar-refractivity contribution in [2.75, 3.05) is 20.0 Å². The highest BCUT2D eigenvalue weighted by molar-refractivity contribution is 7.99. The first-order valence-electron chi connectivity index (χ1n) is 9.79. The molecule has 5 heteroatoms. The summed E-state index contributed by atoms with van der Waals surface area (Å²) in [4.78, 5) is 12.0. The monoisotopic (exact) mass is 430 g/mol. The van der Waals surface area contributed by atoms with Crippen LogP contribution in [0.2, 0.25) is 0 Å². The Morgan fingerprint density at radius 3 is 2.19 bits per heavy atom. The van der Waals surface area contributed by atoms with Gasteiger partial charge in [-0.15, -0.1) is 11.8 Å². The van der Waals surface area contributed by atoms with E-state index in [1.54, 1.807) is 32.1 Å². The van der Waals surface area contributed by atoms with Crippen LogP contribution in [0.1, 0.15) is 22.3 Å². The van der Waals surface area contributed by atoms with Crippen LogP contribution in [0.25, 0.3) is 17.2 Å². The van der Waals surface area contributed by atoms with Gasteiger partial charge in [-0.3, -0.25) is 0 Å². The predicted molar refractivity (Wildman–Crippen MR) is 126 cm³/mol. The number of carbonyl (C=O) groups is 1. The molecule has 4 rings (SSSR count). The van der Waals surface area contributed by atoms with Gasteiger partial charge in [0, 0.05) is 16.7 Å². The topological polar surface area (TPSA) is 55.8 Å². The van der Waals surface area contributed by atoms with Crippen molar-refractivity contribution in [1.82, 2.24) is 0 Å². The van der Waals surface area contributed by atoms with E-state index in [4.69, 9.17) is 14.6 Å². The van der Waals surface area contributed by atoms with Gasteiger partial charge in [0.05, 0.1) is 14.2 Å². The second-order valence-corrected chi connectivity index (χ2v) is 8.04. The number of ether oxygens (including phenoxy) is 2. The standard InChI is InChI=1S/C26H22O4S/c1-29-20-10-8-18(9-11-20)23-16-31-24-15-21(30-2)12-13-22(24)26(23)19-6-3-17(4-7-19)5-14-25(27)28/h3-15H,16H2,1-2H3,(H,27,28). The molecule has 3 aromatic rings. The molecule has 0 unspecified atom stereocenters. The van der Waals surface area contributed by atoms with Crippen molar-refractivity contribution < 1.29 is 19.4 Å². The van der Waals surface area contributed by atoms with Crippen LogP contribution in [-0.4, -0.2) is 31.0 Å². The molecule has 1 aliphatic rings. The van der Waals surface area contributed by atoms with Gasteiger partial charge in [-0.05, 0) is 69.8 Å². The first kappa shape index (κ1) is 20.8. The van der Waals surface area contributed by atoms with Crippen LogP contribution in [0.5, 0.6) is 11.5 Å². The number of aliphatic carboxylic acids is 1. The van der Waals surface area contributed by atoms with Gasteiger partial charge in [-0.25, -0.2) is 4.79 Å². The highest BCUT2D eigenvalue weighted by Crippen LogP contribution is 2.45. The quantitative estimate of drug-likeness (QED) is 0.496. The van der Waals surface area contributed by atoms with Crippen molar-refractivity contribution in [1.29, 1.82) is 0 Å². The van der Waals surface area contributed by atoms with E-state index in [9.17, 15) is 4.79 Å². The van der Waals surface area contributed by atoms with Crippen molar-refractivity contribution >= 4 is 35.0 Å². The van der Waals surface area contributed by atoms with Crippen molar-refractivity contribution in [2.45, 2.75) is 4.90 Å². The summed E-state index contributed by atoms with van der Waals surface area (Å²) in [5.41, 5.74) is 6.67. The van der Waals surface area contributed by atoms with E-state index < -0.39 is 5.97 Å². The van der Waals surface area contributed by atoms with Crippen molar-refractivity contribution in [3.8, 4) is 11.5 Å². The molecule has 1 aliphatic heterocycles. The van der Waals surface area contributed by atoms with Crippen LogP contribution >= 0.6 is 11.8 Å². The Kier molecular flexibility index (Phi) is 6.14. The molecule has 4 nitrogen and oxygen atoms in total. The largest absolute Gasteiger partial charge is 0.497 e. The molecule has 0 bridgehead atoms. The molecule has 0 saturated heterocycles. The summed E-state index contributed by atoms with van der Waals surface area (Å²) in [5, 5.41) is 8.87. The Hall–Kier alpha value is -3.44. The number of carboxylic acid groups (broad SMARTS) is 1. The molecule has 0 fully saturated rings. The van der Waals surface area contributed by atoms with Crippen molar-refractivity contribution in [3.05, 3.63) is 95.1 Å². The molecule has 1 heterocycles. The number of benzene rings is 3. The minimum absolute atomic E-state index is 0.828. The van der Waals surface area contributed by atoms with Gasteiger partial charge in [-0.1, -0.05) is 36.4 Å². The SMILES string of the molecule is COc1ccc(C2=C(c3ccc(C=CC(=O)O)cc3)c3ccc(OC)cc3SC2)cc1. The lowest BCUT2D eigenvalue weighted by Crippen LogP contribution is -2.04. The van der Waals surface area contributed by atoms with Gasteiger partial charge in [-0.2, -0.15) is 0 Å². The fraction of sp³-hybridized carbons (Fsp3) is 0.115. The highest BCUT2D eigenvalue weighted by Gasteiger charge is 2.22. The van der Waals surface area contributed by atoms with Crippen molar-refractivity contribution in [3.63, 3.8) is 0 Å². The van der Waals surface area contributed by atoms with E-state index in [2.05, 4.69) is 24.3 Å². The van der Waals surface area contributed by atoms with Crippen LogP contribution in [0.3, 0.4) is 0 Å². The Morgan fingerprint density at radius 1 is 0.903 bits per heavy atom. The lowest BCUT2D eigenvalue weighted by Gasteiger charge is -2.24. The maximum Gasteiger partial charge on any atom is 0.328 e. The zero-order chi connectivity index (χ0) is 21.8. The second kappa shape index (κ2) is 9.14. The van der Waals surface area contributed by atoms with Crippen LogP contribution in [-0.2, 0) is 4.79 Å². The zero-order valence-corrected chi connectivity index (χ0v) is 18.1. The maximum atomic E-state index is 10.8. The highest BCUT2D eigenvalue weighted by atomic mass is 32.2. The normalized spacial score (nSPS) is 13.2. The van der Waals surface area contributed by atoms with E-state index in [0.29, 0.717) is 0 Å². The van der Waals surface area contributed by atoms with Gasteiger partial charge in [0.15, 0.2) is 0 Å². The molecule has 31 heavy (non-hydrogen) atoms. The first-order valence-corrected chi connectivity index (χ1v) is 10.8. The van der Waals surface area contributed by atoms with Gasteiger partial charge in [0.2, 0.25) is 0 Å². The van der Waals surface area contributed by atoms with Gasteiger partial charge in [0.25, 0.3) is 0 Å². The Labute approximate surface area is 185 Å². The lowest BCUT2D eigenvalue weighted by atomic mass is 9.89. The number of rotatable bonds is 6. The lowest BCUT2D eigenvalue weighted by molar-refractivity contribution is -0.131. The molecular formula is C26H22O4S. The average molecular weight is 431 g/mol. The average Bonchev–Trinajstić information content (AvgIpc) is 2.82. The van der Waals surface area contributed by atoms with Crippen LogP contribution in [0.15, 0.2) is 77.7 Å². The fourth-order valence-electron chi connectivity index (χ4n) is 3.62. The summed E-state index contributed by atoms with van der Waals surface area (Å²) in [6.07, 6.45) is 2.75. The summed E-state index contributed by atoms with van der Waals surface area (Å²) >= 11 is 1.80. The molecular weight excluding hydrogens is 408 g/mol. The van der Waals surface area contributed by atoms with Crippen LogP contribution in [0, 0.1) is 0 Å². The number of thioether (sulfide) groups is 1. The number of methoxy groups -OCH3 is 2. The Bertz CT molecular complexity index is 1160. The number of hydrogen-bond donors (Lipinski definition) is 1. The number of fused-ring (bicyclic) bond motifs is 1. The number of carboxylic acids is 1. The van der Waals surface area contributed by atoms with E-state index >= 15 is 0 Å². The van der Waals surface area contributed by atoms with Crippen molar-refractivity contribution in [2.24, 2.45) is 0 Å². The summed E-state index contributed by atoms with van der Waals surface area (Å²) < 4.78 is 10.7. The molecule has 156 valence electrons. The number of hydrogen-bond acceptors (Lipinski definition) is 4. The summed E-state index contributed by atoms with van der Waals surface area (Å²) in [7, 11) is 3.35. The molecule has 0 amide bonds. The fourth-order valence-corrected chi connectivity index (χ4v) is 4.75. The van der Waals surface area contributed by atoms with Gasteiger partial charge < -0.3 is 14.6 Å². The molecule has 0 aromatic heterocycles. The van der Waals surface area contributed by atoms with Gasteiger partial charge >= 0.3 is 5.97 Å². The molecule has 0 atom stereocenters. The maximum absolute atomic E-state index is 10.8. The molecule has 3 aromatic carbocycles. The van der Waals surface area contributed by atoms with E-state index in [0.717, 1.165) is 45.6 Å². The molecule has 1 N–H and O–H groups in total. The minimum Gasteiger partial charge on any atom is -0.497 e. The van der Waals surface area contributed by atoms with Crippen LogP contribution < -0.4 is 9.47 Å². The third kappa shape index (κ3) is 4.52. The van der Waals surface area contributed by atoms with E-state index in [-0.39, 0.29) is 0 Å². The Balaban J connectivity index is 1.84. The molecule has 0 spiro atoms. The Morgan fingerprint density at radius 2 is 1.55 bits per heavy atom. The molecule has 0 saturated carbocycles. The van der Waals surface area contributed by atoms with Gasteiger partial charge in [0.1, 0.15) is 11.5 Å². The smallest absolute Gasteiger partial charge is 0.328 e. The van der Waals surface area contributed by atoms with E-state index in [1.165, 1.54) is 16.0 Å². The first-order chi connectivity index (χ1) is 15.1. The summed E-state index contributed by atoms with van der Waals surface area (Å²) in [6, 6.07) is 22.3. The third-order valence-electron chi connectivity index (χ3n) is 5.19. The molecule has 0 radical (unpaired) electrons. The zero-order valence-electron chi connectivity index (χ0n) is 17.3. The summed E-state index contributed by atoms with van der Waals surface area (Å²) in [5.74, 6) is 1.55. The minimum atomic E-state index is -0.958. The predicted octanol–water partition coefficient (Wildman–Crippen LogP) is 5.87. The second-order valence-electron chi connectivity index (χ2n) is 7.03. The molecule has 0 aliphatic carbocycles. The summed E-state index contributed by atoms with van der Waals surface area (Å²) in [6.45, 7) is 0. The van der Waals surface area contributed by atoms with E-state index in [1.807, 2.05) is 42.5 Å². The third-order valence-corrected chi connectivity index (χ3v) is 6.27.